The van der Waals surface area contributed by atoms with Crippen molar-refractivity contribution in [2.75, 3.05) is 4.72 Å². The molecule has 110 valence electrons. The first kappa shape index (κ1) is 15.7. The Morgan fingerprint density at radius 1 is 1.33 bits per heavy atom. The number of nitrogens with zero attached hydrogens (tertiary/aromatic N) is 2. The van der Waals surface area contributed by atoms with Crippen LogP contribution in [-0.2, 0) is 10.0 Å². The van der Waals surface area contributed by atoms with Gasteiger partial charge in [0.15, 0.2) is 0 Å². The van der Waals surface area contributed by atoms with Gasteiger partial charge in [-0.1, -0.05) is 11.6 Å². The molecular weight excluding hydrogens is 386 g/mol. The molecule has 0 amide bonds. The Morgan fingerprint density at radius 3 is 2.67 bits per heavy atom. The van der Waals surface area contributed by atoms with E-state index in [-0.39, 0.29) is 15.6 Å². The summed E-state index contributed by atoms with van der Waals surface area (Å²) in [5.41, 5.74) is -0.212. The van der Waals surface area contributed by atoms with Crippen LogP contribution in [0.2, 0.25) is 5.02 Å². The van der Waals surface area contributed by atoms with E-state index < -0.39 is 20.6 Å². The van der Waals surface area contributed by atoms with E-state index in [0.717, 1.165) is 12.1 Å². The average Bonchev–Trinajstić information content (AvgIpc) is 2.41. The molecule has 1 N–H and O–H groups in total. The van der Waals surface area contributed by atoms with Crippen molar-refractivity contribution in [1.82, 2.24) is 4.98 Å². The summed E-state index contributed by atoms with van der Waals surface area (Å²) < 4.78 is 27.2. The molecule has 0 aliphatic rings. The maximum atomic E-state index is 12.2. The van der Waals surface area contributed by atoms with Crippen molar-refractivity contribution in [1.29, 1.82) is 0 Å². The van der Waals surface area contributed by atoms with Gasteiger partial charge in [0.05, 0.1) is 20.0 Å². The van der Waals surface area contributed by atoms with E-state index in [4.69, 9.17) is 11.6 Å². The quantitative estimate of drug-likeness (QED) is 0.636. The van der Waals surface area contributed by atoms with Crippen LogP contribution < -0.4 is 4.72 Å². The second kappa shape index (κ2) is 5.96. The fraction of sp³-hybridized carbons (Fsp3) is 0. The molecule has 10 heteroatoms. The first-order valence-corrected chi connectivity index (χ1v) is 8.03. The molecule has 0 unspecified atom stereocenters. The minimum Gasteiger partial charge on any atom is -0.278 e. The summed E-state index contributed by atoms with van der Waals surface area (Å²) >= 11 is 8.81. The highest BCUT2D eigenvalue weighted by Crippen LogP contribution is 2.29. The van der Waals surface area contributed by atoms with Gasteiger partial charge in [-0.25, -0.2) is 8.42 Å². The van der Waals surface area contributed by atoms with Gasteiger partial charge < -0.3 is 0 Å². The smallest absolute Gasteiger partial charge is 0.278 e. The first-order chi connectivity index (χ1) is 9.81. The van der Waals surface area contributed by atoms with E-state index in [1.165, 1.54) is 24.5 Å². The lowest BCUT2D eigenvalue weighted by Crippen LogP contribution is -2.13. The molecule has 1 aromatic heterocycles. The number of pyridine rings is 1. The predicted molar refractivity (Wildman–Crippen MR) is 80.9 cm³/mol. The predicted octanol–water partition coefficient (Wildman–Crippen LogP) is 3.21. The van der Waals surface area contributed by atoms with Crippen LogP contribution in [0.4, 0.5) is 11.4 Å². The Bertz CT molecular complexity index is 813. The number of nitro benzene ring substituents is 1. The summed E-state index contributed by atoms with van der Waals surface area (Å²) in [5.74, 6) is 0. The van der Waals surface area contributed by atoms with Crippen LogP contribution in [0.15, 0.2) is 46.0 Å². The van der Waals surface area contributed by atoms with Gasteiger partial charge in [0.1, 0.15) is 5.02 Å². The van der Waals surface area contributed by atoms with Gasteiger partial charge in [-0.15, -0.1) is 0 Å². The monoisotopic (exact) mass is 391 g/mol. The highest BCUT2D eigenvalue weighted by Gasteiger charge is 2.21. The second-order valence-corrected chi connectivity index (χ2v) is 6.78. The van der Waals surface area contributed by atoms with E-state index in [9.17, 15) is 18.5 Å². The molecule has 0 saturated carbocycles. The third-order valence-corrected chi connectivity index (χ3v) is 4.76. The van der Waals surface area contributed by atoms with Crippen LogP contribution in [0, 0.1) is 10.1 Å². The van der Waals surface area contributed by atoms with Gasteiger partial charge in [-0.3, -0.25) is 19.8 Å². The van der Waals surface area contributed by atoms with Crippen molar-refractivity contribution >= 4 is 48.9 Å². The number of nitro groups is 1. The highest BCUT2D eigenvalue weighted by atomic mass is 79.9. The van der Waals surface area contributed by atoms with Gasteiger partial charge >= 0.3 is 0 Å². The van der Waals surface area contributed by atoms with Crippen LogP contribution in [0.25, 0.3) is 0 Å². The van der Waals surface area contributed by atoms with Crippen molar-refractivity contribution in [2.45, 2.75) is 4.90 Å². The van der Waals surface area contributed by atoms with Crippen molar-refractivity contribution in [3.05, 3.63) is 56.3 Å². The third kappa shape index (κ3) is 3.49. The van der Waals surface area contributed by atoms with Crippen LogP contribution in [-0.4, -0.2) is 18.3 Å². The highest BCUT2D eigenvalue weighted by molar-refractivity contribution is 9.10. The molecule has 0 spiro atoms. The van der Waals surface area contributed by atoms with Crippen LogP contribution in [0.3, 0.4) is 0 Å². The summed E-state index contributed by atoms with van der Waals surface area (Å²) in [5, 5.41) is 10.7. The molecule has 0 aliphatic carbocycles. The molecule has 1 heterocycles. The Hall–Kier alpha value is -1.71. The summed E-state index contributed by atoms with van der Waals surface area (Å²) in [4.78, 5) is 13.6. The zero-order valence-electron chi connectivity index (χ0n) is 10.2. The van der Waals surface area contributed by atoms with Crippen LogP contribution in [0.1, 0.15) is 0 Å². The molecule has 0 bridgehead atoms. The van der Waals surface area contributed by atoms with Gasteiger partial charge in [-0.2, -0.15) is 0 Å². The number of nitrogens with one attached hydrogen (secondary N) is 1. The summed E-state index contributed by atoms with van der Waals surface area (Å²) in [6, 6.07) is 4.70. The first-order valence-electron chi connectivity index (χ1n) is 5.37. The summed E-state index contributed by atoms with van der Waals surface area (Å²) in [7, 11) is -3.98. The Balaban J connectivity index is 2.43. The molecule has 2 rings (SSSR count). The lowest BCUT2D eigenvalue weighted by molar-refractivity contribution is -0.384. The van der Waals surface area contributed by atoms with E-state index in [1.54, 1.807) is 0 Å². The molecule has 0 fully saturated rings. The lowest BCUT2D eigenvalue weighted by atomic mass is 10.3. The standard InChI is InChI=1S/C11H7BrClN3O4S/c12-8-6-14-4-3-10(8)15-21(19,20)7-1-2-9(13)11(5-7)16(17)18/h1-6H,(H,14,15). The van der Waals surface area contributed by atoms with E-state index >= 15 is 0 Å². The Kier molecular flexibility index (Phi) is 4.45. The molecule has 7 nitrogen and oxygen atoms in total. The van der Waals surface area contributed by atoms with Crippen molar-refractivity contribution < 1.29 is 13.3 Å². The largest absolute Gasteiger partial charge is 0.289 e. The van der Waals surface area contributed by atoms with E-state index in [1.807, 2.05) is 0 Å². The van der Waals surface area contributed by atoms with Crippen molar-refractivity contribution in [3.63, 3.8) is 0 Å². The number of aromatic nitrogens is 1. The topological polar surface area (TPSA) is 102 Å². The van der Waals surface area contributed by atoms with E-state index in [2.05, 4.69) is 25.6 Å². The fourth-order valence-electron chi connectivity index (χ4n) is 1.46. The average molecular weight is 393 g/mol. The molecule has 1 aromatic carbocycles. The molecule has 0 saturated heterocycles. The van der Waals surface area contributed by atoms with Crippen molar-refractivity contribution in [3.8, 4) is 0 Å². The Labute approximate surface area is 133 Å². The minimum absolute atomic E-state index is 0.135. The fourth-order valence-corrected chi connectivity index (χ4v) is 3.23. The molecule has 0 aliphatic heterocycles. The number of hydrogen-bond donors (Lipinski definition) is 1. The molecule has 2 aromatic rings. The zero-order valence-corrected chi connectivity index (χ0v) is 13.3. The maximum absolute atomic E-state index is 12.2. The van der Waals surface area contributed by atoms with Crippen LogP contribution >= 0.6 is 27.5 Å². The Morgan fingerprint density at radius 2 is 2.05 bits per heavy atom. The zero-order chi connectivity index (χ0) is 15.6. The number of rotatable bonds is 4. The molecule has 21 heavy (non-hydrogen) atoms. The number of anilines is 1. The van der Waals surface area contributed by atoms with Gasteiger partial charge in [-0.05, 0) is 34.1 Å². The number of hydrogen-bond acceptors (Lipinski definition) is 5. The lowest BCUT2D eigenvalue weighted by Gasteiger charge is -2.09. The number of halogens is 2. The minimum atomic E-state index is -3.98. The second-order valence-electron chi connectivity index (χ2n) is 3.83. The van der Waals surface area contributed by atoms with Crippen LogP contribution in [0.5, 0.6) is 0 Å². The number of sulfonamides is 1. The third-order valence-electron chi connectivity index (χ3n) is 2.44. The molecule has 0 atom stereocenters. The molecular formula is C11H7BrClN3O4S. The summed E-state index contributed by atoms with van der Waals surface area (Å²) in [6.45, 7) is 0. The summed E-state index contributed by atoms with van der Waals surface area (Å²) in [6.07, 6.45) is 2.83. The maximum Gasteiger partial charge on any atom is 0.289 e. The normalized spacial score (nSPS) is 11.1. The van der Waals surface area contributed by atoms with E-state index in [0.29, 0.717) is 4.47 Å². The van der Waals surface area contributed by atoms with Gasteiger partial charge in [0, 0.05) is 18.5 Å². The van der Waals surface area contributed by atoms with Gasteiger partial charge in [0.25, 0.3) is 15.7 Å². The van der Waals surface area contributed by atoms with Crippen molar-refractivity contribution in [2.24, 2.45) is 0 Å². The number of benzene rings is 1. The molecule has 0 radical (unpaired) electrons. The van der Waals surface area contributed by atoms with Gasteiger partial charge in [0.2, 0.25) is 0 Å². The SMILES string of the molecule is O=[N+]([O-])c1cc(S(=O)(=O)Nc2ccncc2Br)ccc1Cl.